The normalized spacial score (nSPS) is 18.4. The summed E-state index contributed by atoms with van der Waals surface area (Å²) in [6.45, 7) is 1.47. The summed E-state index contributed by atoms with van der Waals surface area (Å²) in [6, 6.07) is 11.4. The molecule has 0 radical (unpaired) electrons. The largest absolute Gasteiger partial charge is 0.266 e. The van der Waals surface area contributed by atoms with Crippen LogP contribution in [0.1, 0.15) is 31.2 Å². The standard InChI is InChI=1S/C20H23BrN2O4S2/c21-17-6-8-18(9-7-17)29(26,27)23-14-4-5-16-15-19(10-11-20(16)23)28(24,25)22-12-2-1-3-13-22/h6-11,15H,1-5,12-14H2. The molecule has 29 heavy (non-hydrogen) atoms. The molecule has 1 fully saturated rings. The minimum atomic E-state index is -3.71. The molecule has 1 saturated heterocycles. The van der Waals surface area contributed by atoms with Crippen molar-refractivity contribution in [1.82, 2.24) is 4.31 Å². The van der Waals surface area contributed by atoms with Gasteiger partial charge in [0.2, 0.25) is 10.0 Å². The van der Waals surface area contributed by atoms with Gasteiger partial charge in [0.25, 0.3) is 10.0 Å². The lowest BCUT2D eigenvalue weighted by Gasteiger charge is -2.31. The molecule has 9 heteroatoms. The van der Waals surface area contributed by atoms with Crippen LogP contribution < -0.4 is 4.31 Å². The van der Waals surface area contributed by atoms with Crippen molar-refractivity contribution in [2.24, 2.45) is 0 Å². The smallest absolute Gasteiger partial charge is 0.264 e. The van der Waals surface area contributed by atoms with Crippen LogP contribution in [-0.4, -0.2) is 40.8 Å². The van der Waals surface area contributed by atoms with Crippen LogP contribution in [0.15, 0.2) is 56.7 Å². The summed E-state index contributed by atoms with van der Waals surface area (Å²) in [5, 5.41) is 0. The van der Waals surface area contributed by atoms with Crippen LogP contribution in [0.25, 0.3) is 0 Å². The van der Waals surface area contributed by atoms with Crippen molar-refractivity contribution in [2.45, 2.75) is 41.9 Å². The second-order valence-electron chi connectivity index (χ2n) is 7.39. The van der Waals surface area contributed by atoms with Crippen LogP contribution in [-0.2, 0) is 26.5 Å². The Balaban J connectivity index is 1.69. The van der Waals surface area contributed by atoms with Gasteiger partial charge in [0.05, 0.1) is 15.5 Å². The molecule has 0 aliphatic carbocycles. The number of sulfonamides is 2. The Morgan fingerprint density at radius 1 is 0.724 bits per heavy atom. The van der Waals surface area contributed by atoms with E-state index < -0.39 is 20.0 Å². The molecule has 0 saturated carbocycles. The van der Waals surface area contributed by atoms with Crippen LogP contribution in [0.3, 0.4) is 0 Å². The van der Waals surface area contributed by atoms with Crippen molar-refractivity contribution in [3.63, 3.8) is 0 Å². The summed E-state index contributed by atoms with van der Waals surface area (Å²) in [7, 11) is -7.25. The van der Waals surface area contributed by atoms with Gasteiger partial charge in [-0.2, -0.15) is 4.31 Å². The fourth-order valence-corrected chi connectivity index (χ4v) is 7.31. The van der Waals surface area contributed by atoms with Gasteiger partial charge in [0, 0.05) is 24.1 Å². The molecule has 0 atom stereocenters. The predicted molar refractivity (Wildman–Crippen MR) is 116 cm³/mol. The molecule has 0 aromatic heterocycles. The minimum absolute atomic E-state index is 0.221. The Hall–Kier alpha value is -1.42. The van der Waals surface area contributed by atoms with Crippen LogP contribution in [0.2, 0.25) is 0 Å². The average molecular weight is 499 g/mol. The minimum Gasteiger partial charge on any atom is -0.266 e. The molecule has 2 heterocycles. The zero-order valence-corrected chi connectivity index (χ0v) is 19.1. The molecule has 0 unspecified atom stereocenters. The molecule has 0 spiro atoms. The number of halogens is 1. The maximum absolute atomic E-state index is 13.2. The molecule has 156 valence electrons. The SMILES string of the molecule is O=S(=O)(c1ccc2c(c1)CCCN2S(=O)(=O)c1ccc(Br)cc1)N1CCCCC1. The molecule has 2 aromatic rings. The van der Waals surface area contributed by atoms with Gasteiger partial charge in [0.1, 0.15) is 0 Å². The Bertz CT molecular complexity index is 1110. The lowest BCUT2D eigenvalue weighted by molar-refractivity contribution is 0.346. The van der Waals surface area contributed by atoms with Crippen molar-refractivity contribution in [3.05, 3.63) is 52.5 Å². The number of benzene rings is 2. The summed E-state index contributed by atoms with van der Waals surface area (Å²) in [6.07, 6.45) is 4.12. The molecule has 4 rings (SSSR count). The molecule has 2 aliphatic heterocycles. The Labute approximate surface area is 180 Å². The van der Waals surface area contributed by atoms with E-state index in [2.05, 4.69) is 15.9 Å². The van der Waals surface area contributed by atoms with Crippen LogP contribution in [0.4, 0.5) is 5.69 Å². The average Bonchev–Trinajstić information content (AvgIpc) is 2.73. The van der Waals surface area contributed by atoms with E-state index in [-0.39, 0.29) is 9.79 Å². The van der Waals surface area contributed by atoms with Crippen molar-refractivity contribution >= 4 is 41.7 Å². The first-order chi connectivity index (χ1) is 13.8. The van der Waals surface area contributed by atoms with Gasteiger partial charge in [-0.15, -0.1) is 0 Å². The van der Waals surface area contributed by atoms with Crippen molar-refractivity contribution in [2.75, 3.05) is 23.9 Å². The van der Waals surface area contributed by atoms with Crippen molar-refractivity contribution in [3.8, 4) is 0 Å². The highest BCUT2D eigenvalue weighted by Gasteiger charge is 2.31. The van der Waals surface area contributed by atoms with Crippen molar-refractivity contribution < 1.29 is 16.8 Å². The van der Waals surface area contributed by atoms with Gasteiger partial charge in [0.15, 0.2) is 0 Å². The number of fused-ring (bicyclic) bond motifs is 1. The van der Waals surface area contributed by atoms with Gasteiger partial charge in [-0.25, -0.2) is 16.8 Å². The van der Waals surface area contributed by atoms with Gasteiger partial charge in [-0.3, -0.25) is 4.31 Å². The molecular formula is C20H23BrN2O4S2. The summed E-state index contributed by atoms with van der Waals surface area (Å²) >= 11 is 3.32. The number of piperidine rings is 1. The zero-order valence-electron chi connectivity index (χ0n) is 15.9. The predicted octanol–water partition coefficient (Wildman–Crippen LogP) is 3.77. The van der Waals surface area contributed by atoms with E-state index in [1.807, 2.05) is 0 Å². The zero-order chi connectivity index (χ0) is 20.6. The molecule has 2 aromatic carbocycles. The lowest BCUT2D eigenvalue weighted by atomic mass is 10.0. The van der Waals surface area contributed by atoms with Gasteiger partial charge >= 0.3 is 0 Å². The Morgan fingerprint density at radius 3 is 2.07 bits per heavy atom. The van der Waals surface area contributed by atoms with Crippen molar-refractivity contribution in [1.29, 1.82) is 0 Å². The van der Waals surface area contributed by atoms with Gasteiger partial charge in [-0.1, -0.05) is 22.4 Å². The van der Waals surface area contributed by atoms with E-state index in [1.54, 1.807) is 36.4 Å². The third-order valence-electron chi connectivity index (χ3n) is 5.48. The highest BCUT2D eigenvalue weighted by atomic mass is 79.9. The summed E-state index contributed by atoms with van der Waals surface area (Å²) in [4.78, 5) is 0.472. The number of hydrogen-bond donors (Lipinski definition) is 0. The van der Waals surface area contributed by atoms with Gasteiger partial charge in [-0.05, 0) is 73.7 Å². The first-order valence-electron chi connectivity index (χ1n) is 9.71. The fraction of sp³-hybridized carbons (Fsp3) is 0.400. The topological polar surface area (TPSA) is 74.8 Å². The molecule has 0 N–H and O–H groups in total. The van der Waals surface area contributed by atoms with E-state index in [0.29, 0.717) is 38.2 Å². The summed E-state index contributed by atoms with van der Waals surface area (Å²) in [5.41, 5.74) is 1.33. The summed E-state index contributed by atoms with van der Waals surface area (Å²) < 4.78 is 56.1. The highest BCUT2D eigenvalue weighted by Crippen LogP contribution is 2.34. The third-order valence-corrected chi connectivity index (χ3v) is 9.73. The molecular weight excluding hydrogens is 476 g/mol. The number of anilines is 1. The summed E-state index contributed by atoms with van der Waals surface area (Å²) in [5.74, 6) is 0. The van der Waals surface area contributed by atoms with Crippen LogP contribution in [0, 0.1) is 0 Å². The molecule has 0 bridgehead atoms. The number of aryl methyl sites for hydroxylation is 1. The van der Waals surface area contributed by atoms with E-state index >= 15 is 0 Å². The monoisotopic (exact) mass is 498 g/mol. The number of nitrogens with zero attached hydrogens (tertiary/aromatic N) is 2. The van der Waals surface area contributed by atoms with E-state index in [9.17, 15) is 16.8 Å². The number of hydrogen-bond acceptors (Lipinski definition) is 4. The molecule has 6 nitrogen and oxygen atoms in total. The quantitative estimate of drug-likeness (QED) is 0.642. The Kier molecular flexibility index (Phi) is 5.76. The van der Waals surface area contributed by atoms with E-state index in [0.717, 1.165) is 29.3 Å². The Morgan fingerprint density at radius 2 is 1.38 bits per heavy atom. The van der Waals surface area contributed by atoms with Gasteiger partial charge < -0.3 is 0 Å². The molecule has 0 amide bonds. The van der Waals surface area contributed by atoms with Crippen LogP contribution in [0.5, 0.6) is 0 Å². The third kappa shape index (κ3) is 3.97. The lowest BCUT2D eigenvalue weighted by Crippen LogP contribution is -2.37. The highest BCUT2D eigenvalue weighted by molar-refractivity contribution is 9.10. The fourth-order valence-electron chi connectivity index (χ4n) is 3.94. The maximum atomic E-state index is 13.2. The second kappa shape index (κ2) is 8.02. The maximum Gasteiger partial charge on any atom is 0.264 e. The number of rotatable bonds is 4. The van der Waals surface area contributed by atoms with Crippen LogP contribution >= 0.6 is 15.9 Å². The second-order valence-corrected chi connectivity index (χ2v) is 12.1. The first kappa shape index (κ1) is 20.8. The van der Waals surface area contributed by atoms with E-state index in [1.165, 1.54) is 14.7 Å². The first-order valence-corrected chi connectivity index (χ1v) is 13.4. The van der Waals surface area contributed by atoms with E-state index in [4.69, 9.17) is 0 Å². The molecule has 2 aliphatic rings.